The van der Waals surface area contributed by atoms with E-state index in [2.05, 4.69) is 10.6 Å². The third-order valence-electron chi connectivity index (χ3n) is 3.49. The van der Waals surface area contributed by atoms with E-state index >= 15 is 0 Å². The molecule has 118 valence electrons. The highest BCUT2D eigenvalue weighted by atomic mass is 35.5. The number of hydrogen-bond donors (Lipinski definition) is 2. The maximum Gasteiger partial charge on any atom is 0.275 e. The minimum Gasteiger partial charge on any atom is -0.468 e. The standard InChI is InChI=1S/C17H15ClN2O3/c18-12-7-5-11(6-8-12)9-10-19-16(21)15-17(22)20-13-3-1-2-4-14(13)23-15/h1-8,15H,9-10H2,(H,19,21)(H,20,22)/t15-/m1/s1. The maximum atomic E-state index is 12.1. The van der Waals surface area contributed by atoms with Gasteiger partial charge < -0.3 is 15.4 Å². The second-order valence-corrected chi connectivity index (χ2v) is 5.59. The molecular formula is C17H15ClN2O3. The summed E-state index contributed by atoms with van der Waals surface area (Å²) in [6.45, 7) is 0.412. The highest BCUT2D eigenvalue weighted by molar-refractivity contribution is 6.30. The summed E-state index contributed by atoms with van der Waals surface area (Å²) in [7, 11) is 0. The Hall–Kier alpha value is -2.53. The first kappa shape index (κ1) is 15.4. The number of ether oxygens (including phenoxy) is 1. The van der Waals surface area contributed by atoms with Gasteiger partial charge in [-0.2, -0.15) is 0 Å². The minimum atomic E-state index is -1.17. The Labute approximate surface area is 138 Å². The molecule has 6 heteroatoms. The Morgan fingerprint density at radius 1 is 1.17 bits per heavy atom. The van der Waals surface area contributed by atoms with Crippen LogP contribution in [-0.2, 0) is 16.0 Å². The van der Waals surface area contributed by atoms with Crippen LogP contribution in [0.5, 0.6) is 5.75 Å². The summed E-state index contributed by atoms with van der Waals surface area (Å²) >= 11 is 5.82. The number of para-hydroxylation sites is 2. The summed E-state index contributed by atoms with van der Waals surface area (Å²) in [6.07, 6.45) is -0.525. The Morgan fingerprint density at radius 3 is 2.70 bits per heavy atom. The predicted molar refractivity (Wildman–Crippen MR) is 87.7 cm³/mol. The average Bonchev–Trinajstić information content (AvgIpc) is 2.56. The summed E-state index contributed by atoms with van der Waals surface area (Å²) in [5.41, 5.74) is 1.62. The van der Waals surface area contributed by atoms with Crippen LogP contribution >= 0.6 is 11.6 Å². The van der Waals surface area contributed by atoms with Crippen molar-refractivity contribution in [2.45, 2.75) is 12.5 Å². The van der Waals surface area contributed by atoms with Gasteiger partial charge in [0, 0.05) is 11.6 Å². The molecule has 23 heavy (non-hydrogen) atoms. The maximum absolute atomic E-state index is 12.1. The number of benzene rings is 2. The molecule has 0 aromatic heterocycles. The van der Waals surface area contributed by atoms with Crippen molar-refractivity contribution in [2.24, 2.45) is 0 Å². The number of anilines is 1. The van der Waals surface area contributed by atoms with Gasteiger partial charge >= 0.3 is 0 Å². The molecule has 2 amide bonds. The van der Waals surface area contributed by atoms with Crippen molar-refractivity contribution >= 4 is 29.1 Å². The van der Waals surface area contributed by atoms with Gasteiger partial charge in [-0.15, -0.1) is 0 Å². The monoisotopic (exact) mass is 330 g/mol. The average molecular weight is 331 g/mol. The first-order chi connectivity index (χ1) is 11.1. The summed E-state index contributed by atoms with van der Waals surface area (Å²) in [5.74, 6) is -0.427. The van der Waals surface area contributed by atoms with Crippen LogP contribution in [0, 0.1) is 0 Å². The number of amides is 2. The van der Waals surface area contributed by atoms with Gasteiger partial charge in [0.05, 0.1) is 5.69 Å². The molecule has 0 bridgehead atoms. The van der Waals surface area contributed by atoms with E-state index in [9.17, 15) is 9.59 Å². The molecule has 0 aliphatic carbocycles. The number of carbonyl (C=O) groups is 2. The van der Waals surface area contributed by atoms with E-state index in [1.54, 1.807) is 36.4 Å². The van der Waals surface area contributed by atoms with Gasteiger partial charge in [0.15, 0.2) is 0 Å². The van der Waals surface area contributed by atoms with Crippen LogP contribution < -0.4 is 15.4 Å². The van der Waals surface area contributed by atoms with Crippen molar-refractivity contribution in [1.29, 1.82) is 0 Å². The molecule has 2 aromatic rings. The number of rotatable bonds is 4. The molecule has 5 nitrogen and oxygen atoms in total. The molecule has 1 aliphatic heterocycles. The lowest BCUT2D eigenvalue weighted by Gasteiger charge is -2.24. The summed E-state index contributed by atoms with van der Waals surface area (Å²) < 4.78 is 5.48. The first-order valence-corrected chi connectivity index (χ1v) is 7.60. The number of nitrogens with one attached hydrogen (secondary N) is 2. The van der Waals surface area contributed by atoms with Crippen molar-refractivity contribution in [1.82, 2.24) is 5.32 Å². The Kier molecular flexibility index (Phi) is 4.48. The first-order valence-electron chi connectivity index (χ1n) is 7.22. The van der Waals surface area contributed by atoms with E-state index in [0.717, 1.165) is 5.56 Å². The fourth-order valence-electron chi connectivity index (χ4n) is 2.30. The smallest absolute Gasteiger partial charge is 0.275 e. The molecule has 0 spiro atoms. The zero-order chi connectivity index (χ0) is 16.2. The Morgan fingerprint density at radius 2 is 1.91 bits per heavy atom. The third-order valence-corrected chi connectivity index (χ3v) is 3.74. The van der Waals surface area contributed by atoms with Crippen LogP contribution in [0.15, 0.2) is 48.5 Å². The van der Waals surface area contributed by atoms with Crippen LogP contribution in [0.1, 0.15) is 5.56 Å². The van der Waals surface area contributed by atoms with Crippen LogP contribution in [0.25, 0.3) is 0 Å². The Bertz CT molecular complexity index is 731. The molecule has 2 N–H and O–H groups in total. The largest absolute Gasteiger partial charge is 0.468 e. The normalized spacial score (nSPS) is 16.0. The topological polar surface area (TPSA) is 67.4 Å². The summed E-state index contributed by atoms with van der Waals surface area (Å²) in [6, 6.07) is 14.4. The molecule has 0 saturated heterocycles. The number of fused-ring (bicyclic) bond motifs is 1. The van der Waals surface area contributed by atoms with Gasteiger partial charge in [0.1, 0.15) is 5.75 Å². The zero-order valence-corrected chi connectivity index (χ0v) is 13.0. The second kappa shape index (κ2) is 6.71. The molecule has 1 atom stereocenters. The lowest BCUT2D eigenvalue weighted by atomic mass is 10.1. The van der Waals surface area contributed by atoms with Crippen LogP contribution in [0.3, 0.4) is 0 Å². The van der Waals surface area contributed by atoms with E-state index in [1.807, 2.05) is 12.1 Å². The second-order valence-electron chi connectivity index (χ2n) is 5.15. The molecule has 0 fully saturated rings. The van der Waals surface area contributed by atoms with Gasteiger partial charge in [-0.25, -0.2) is 0 Å². The van der Waals surface area contributed by atoms with Crippen molar-refractivity contribution in [2.75, 3.05) is 11.9 Å². The zero-order valence-electron chi connectivity index (χ0n) is 12.2. The fraction of sp³-hybridized carbons (Fsp3) is 0.176. The molecule has 3 rings (SSSR count). The molecule has 0 unspecified atom stereocenters. The fourth-order valence-corrected chi connectivity index (χ4v) is 2.42. The predicted octanol–water partition coefficient (Wildman–Crippen LogP) is 2.40. The molecule has 1 heterocycles. The molecule has 0 radical (unpaired) electrons. The molecule has 2 aromatic carbocycles. The molecular weight excluding hydrogens is 316 g/mol. The number of carbonyl (C=O) groups excluding carboxylic acids is 2. The van der Waals surface area contributed by atoms with E-state index < -0.39 is 17.9 Å². The van der Waals surface area contributed by atoms with Crippen molar-refractivity contribution in [3.05, 3.63) is 59.1 Å². The van der Waals surface area contributed by atoms with Gasteiger partial charge in [0.25, 0.3) is 17.9 Å². The van der Waals surface area contributed by atoms with Crippen molar-refractivity contribution in [3.63, 3.8) is 0 Å². The summed E-state index contributed by atoms with van der Waals surface area (Å²) in [5, 5.41) is 6.05. The Balaban J connectivity index is 1.56. The van der Waals surface area contributed by atoms with Gasteiger partial charge in [0.2, 0.25) is 0 Å². The van der Waals surface area contributed by atoms with E-state index in [0.29, 0.717) is 29.4 Å². The van der Waals surface area contributed by atoms with E-state index in [4.69, 9.17) is 16.3 Å². The molecule has 0 saturated carbocycles. The number of hydrogen-bond acceptors (Lipinski definition) is 3. The van der Waals surface area contributed by atoms with Gasteiger partial charge in [-0.3, -0.25) is 9.59 Å². The molecule has 1 aliphatic rings. The van der Waals surface area contributed by atoms with E-state index in [-0.39, 0.29) is 0 Å². The van der Waals surface area contributed by atoms with Crippen LogP contribution in [0.2, 0.25) is 5.02 Å². The highest BCUT2D eigenvalue weighted by Gasteiger charge is 2.33. The summed E-state index contributed by atoms with van der Waals surface area (Å²) in [4.78, 5) is 24.1. The lowest BCUT2D eigenvalue weighted by molar-refractivity contribution is -0.137. The minimum absolute atomic E-state index is 0.412. The van der Waals surface area contributed by atoms with Crippen LogP contribution in [-0.4, -0.2) is 24.5 Å². The van der Waals surface area contributed by atoms with Crippen molar-refractivity contribution in [3.8, 4) is 5.75 Å². The third kappa shape index (κ3) is 3.63. The quantitative estimate of drug-likeness (QED) is 0.846. The highest BCUT2D eigenvalue weighted by Crippen LogP contribution is 2.28. The van der Waals surface area contributed by atoms with E-state index in [1.165, 1.54) is 0 Å². The van der Waals surface area contributed by atoms with Crippen molar-refractivity contribution < 1.29 is 14.3 Å². The SMILES string of the molecule is O=C(NCCc1ccc(Cl)cc1)[C@H]1Oc2ccccc2NC1=O. The van der Waals surface area contributed by atoms with Gasteiger partial charge in [-0.05, 0) is 36.2 Å². The van der Waals surface area contributed by atoms with Gasteiger partial charge in [-0.1, -0.05) is 35.9 Å². The van der Waals surface area contributed by atoms with Crippen LogP contribution in [0.4, 0.5) is 5.69 Å². The number of halogens is 1. The lowest BCUT2D eigenvalue weighted by Crippen LogP contribution is -2.48.